The molecule has 8 heteroatoms. The molecule has 0 atom stereocenters. The van der Waals surface area contributed by atoms with Gasteiger partial charge in [-0.1, -0.05) is 29.8 Å². The van der Waals surface area contributed by atoms with Crippen molar-refractivity contribution in [3.63, 3.8) is 0 Å². The van der Waals surface area contributed by atoms with Crippen LogP contribution in [-0.4, -0.2) is 63.8 Å². The van der Waals surface area contributed by atoms with Crippen molar-refractivity contribution in [1.82, 2.24) is 9.21 Å². The number of carbonyl (C=O) groups is 1. The number of piperazine rings is 1. The molecule has 0 saturated carbocycles. The van der Waals surface area contributed by atoms with Gasteiger partial charge in [-0.2, -0.15) is 0 Å². The fourth-order valence-electron chi connectivity index (χ4n) is 3.28. The average Bonchev–Trinajstić information content (AvgIpc) is 2.68. The summed E-state index contributed by atoms with van der Waals surface area (Å²) in [7, 11) is -0.725. The van der Waals surface area contributed by atoms with Crippen molar-refractivity contribution in [3.05, 3.63) is 58.6 Å². The summed E-state index contributed by atoms with van der Waals surface area (Å²) in [6.45, 7) is 4.60. The number of aryl methyl sites for hydroxylation is 1. The Kier molecular flexibility index (Phi) is 5.98. The summed E-state index contributed by atoms with van der Waals surface area (Å²) in [4.78, 5) is 17.0. The lowest BCUT2D eigenvalue weighted by molar-refractivity contribution is 0.0746. The lowest BCUT2D eigenvalue weighted by Gasteiger charge is -2.37. The minimum Gasteiger partial charge on any atom is -0.368 e. The second-order valence-electron chi connectivity index (χ2n) is 6.99. The van der Waals surface area contributed by atoms with E-state index in [4.69, 9.17) is 11.6 Å². The number of carbonyl (C=O) groups excluding carboxylic acids is 1. The molecule has 0 spiro atoms. The average molecular weight is 422 g/mol. The first-order chi connectivity index (χ1) is 13.2. The minimum atomic E-state index is -3.63. The summed E-state index contributed by atoms with van der Waals surface area (Å²) >= 11 is 6.22. The van der Waals surface area contributed by atoms with Crippen LogP contribution in [0.25, 0.3) is 0 Å². The molecule has 150 valence electrons. The van der Waals surface area contributed by atoms with E-state index in [2.05, 4.69) is 24.0 Å². The number of hydrogen-bond donors (Lipinski definition) is 0. The van der Waals surface area contributed by atoms with E-state index in [9.17, 15) is 13.2 Å². The van der Waals surface area contributed by atoms with E-state index in [0.717, 1.165) is 4.31 Å². The third-order valence-electron chi connectivity index (χ3n) is 4.97. The number of amides is 1. The van der Waals surface area contributed by atoms with Crippen LogP contribution in [0.4, 0.5) is 5.69 Å². The number of rotatable bonds is 4. The molecule has 1 amide bonds. The summed E-state index contributed by atoms with van der Waals surface area (Å²) in [5, 5.41) is 0.254. The van der Waals surface area contributed by atoms with Gasteiger partial charge in [0.15, 0.2) is 0 Å². The van der Waals surface area contributed by atoms with Crippen molar-refractivity contribution in [2.75, 3.05) is 45.2 Å². The third kappa shape index (κ3) is 4.01. The Morgan fingerprint density at radius 2 is 1.68 bits per heavy atom. The van der Waals surface area contributed by atoms with E-state index in [1.54, 1.807) is 4.90 Å². The van der Waals surface area contributed by atoms with Gasteiger partial charge in [0, 0.05) is 46.0 Å². The predicted octanol–water partition coefficient (Wildman–Crippen LogP) is 2.86. The van der Waals surface area contributed by atoms with E-state index in [0.29, 0.717) is 26.2 Å². The molecule has 0 aromatic heterocycles. The van der Waals surface area contributed by atoms with Crippen LogP contribution in [0.1, 0.15) is 15.9 Å². The van der Waals surface area contributed by atoms with Crippen molar-refractivity contribution in [3.8, 4) is 0 Å². The van der Waals surface area contributed by atoms with Crippen LogP contribution >= 0.6 is 11.6 Å². The molecule has 1 aliphatic heterocycles. The van der Waals surface area contributed by atoms with Crippen molar-refractivity contribution < 1.29 is 13.2 Å². The van der Waals surface area contributed by atoms with Gasteiger partial charge in [-0.15, -0.1) is 0 Å². The van der Waals surface area contributed by atoms with E-state index >= 15 is 0 Å². The maximum atomic E-state index is 13.0. The normalized spacial score (nSPS) is 15.2. The van der Waals surface area contributed by atoms with E-state index in [1.165, 1.54) is 43.5 Å². The highest BCUT2D eigenvalue weighted by Gasteiger charge is 2.26. The molecule has 1 heterocycles. The van der Waals surface area contributed by atoms with E-state index < -0.39 is 10.0 Å². The van der Waals surface area contributed by atoms with Crippen LogP contribution in [0, 0.1) is 6.92 Å². The zero-order valence-corrected chi connectivity index (χ0v) is 17.8. The molecule has 1 saturated heterocycles. The molecule has 0 bridgehead atoms. The molecule has 1 fully saturated rings. The fourth-order valence-corrected chi connectivity index (χ4v) is 4.41. The quantitative estimate of drug-likeness (QED) is 0.761. The van der Waals surface area contributed by atoms with Gasteiger partial charge in [0.25, 0.3) is 5.91 Å². The summed E-state index contributed by atoms with van der Waals surface area (Å²) in [6, 6.07) is 12.4. The van der Waals surface area contributed by atoms with Gasteiger partial charge in [0.1, 0.15) is 0 Å². The lowest BCUT2D eigenvalue weighted by atomic mass is 10.1. The molecule has 2 aromatic rings. The Morgan fingerprint density at radius 1 is 1.04 bits per heavy atom. The van der Waals surface area contributed by atoms with Gasteiger partial charge in [0.05, 0.1) is 15.5 Å². The van der Waals surface area contributed by atoms with Gasteiger partial charge in [0.2, 0.25) is 10.0 Å². The van der Waals surface area contributed by atoms with Crippen LogP contribution in [0.15, 0.2) is 47.4 Å². The molecule has 2 aromatic carbocycles. The molecule has 3 rings (SSSR count). The molecule has 28 heavy (non-hydrogen) atoms. The molecular formula is C20H24ClN3O3S. The zero-order chi connectivity index (χ0) is 20.5. The highest BCUT2D eigenvalue weighted by molar-refractivity contribution is 7.89. The zero-order valence-electron chi connectivity index (χ0n) is 16.2. The van der Waals surface area contributed by atoms with Gasteiger partial charge >= 0.3 is 0 Å². The Balaban J connectivity index is 1.78. The number of benzene rings is 2. The van der Waals surface area contributed by atoms with Crippen LogP contribution in [0.3, 0.4) is 0 Å². The smallest absolute Gasteiger partial charge is 0.255 e. The Bertz CT molecular complexity index is 984. The van der Waals surface area contributed by atoms with Crippen molar-refractivity contribution in [1.29, 1.82) is 0 Å². The number of anilines is 1. The second-order valence-corrected chi connectivity index (χ2v) is 9.55. The van der Waals surface area contributed by atoms with Crippen LogP contribution in [0.5, 0.6) is 0 Å². The molecule has 1 aliphatic rings. The number of halogens is 1. The first-order valence-corrected chi connectivity index (χ1v) is 10.9. The number of hydrogen-bond acceptors (Lipinski definition) is 4. The minimum absolute atomic E-state index is 0.0591. The Hall–Kier alpha value is -2.09. The highest BCUT2D eigenvalue weighted by Crippen LogP contribution is 2.25. The summed E-state index contributed by atoms with van der Waals surface area (Å²) < 4.78 is 25.9. The largest absolute Gasteiger partial charge is 0.368 e. The van der Waals surface area contributed by atoms with Crippen molar-refractivity contribution in [2.45, 2.75) is 11.8 Å². The number of sulfonamides is 1. The van der Waals surface area contributed by atoms with Crippen LogP contribution < -0.4 is 4.90 Å². The third-order valence-corrected chi connectivity index (χ3v) is 7.11. The van der Waals surface area contributed by atoms with E-state index in [1.807, 2.05) is 12.1 Å². The summed E-state index contributed by atoms with van der Waals surface area (Å²) in [5.74, 6) is -0.245. The topological polar surface area (TPSA) is 60.9 Å². The van der Waals surface area contributed by atoms with Gasteiger partial charge in [-0.25, -0.2) is 12.7 Å². The predicted molar refractivity (Wildman–Crippen MR) is 112 cm³/mol. The molecule has 0 N–H and O–H groups in total. The van der Waals surface area contributed by atoms with Crippen molar-refractivity contribution in [2.24, 2.45) is 0 Å². The first kappa shape index (κ1) is 20.6. The Morgan fingerprint density at radius 3 is 2.29 bits per heavy atom. The highest BCUT2D eigenvalue weighted by atomic mass is 35.5. The standard InChI is InChI=1S/C20H24ClN3O3S/c1-15-6-4-5-7-19(15)23-10-12-24(13-11-23)20(25)17-14-16(8-9-18(17)21)28(26,27)22(2)3/h4-9,14H,10-13H2,1-3H3. The maximum absolute atomic E-state index is 13.0. The number of nitrogens with zero attached hydrogens (tertiary/aromatic N) is 3. The SMILES string of the molecule is Cc1ccccc1N1CCN(C(=O)c2cc(S(=O)(=O)N(C)C)ccc2Cl)CC1. The van der Waals surface area contributed by atoms with Gasteiger partial charge < -0.3 is 9.80 Å². The van der Waals surface area contributed by atoms with Gasteiger partial charge in [-0.3, -0.25) is 4.79 Å². The molecule has 6 nitrogen and oxygen atoms in total. The fraction of sp³-hybridized carbons (Fsp3) is 0.350. The number of para-hydroxylation sites is 1. The van der Waals surface area contributed by atoms with E-state index in [-0.39, 0.29) is 21.4 Å². The lowest BCUT2D eigenvalue weighted by Crippen LogP contribution is -2.49. The second kappa shape index (κ2) is 8.11. The molecule has 0 radical (unpaired) electrons. The van der Waals surface area contributed by atoms with Crippen LogP contribution in [0.2, 0.25) is 5.02 Å². The maximum Gasteiger partial charge on any atom is 0.255 e. The van der Waals surface area contributed by atoms with Crippen LogP contribution in [-0.2, 0) is 10.0 Å². The molecular weight excluding hydrogens is 398 g/mol. The first-order valence-electron chi connectivity index (χ1n) is 9.04. The van der Waals surface area contributed by atoms with Gasteiger partial charge in [-0.05, 0) is 36.8 Å². The van der Waals surface area contributed by atoms with Crippen molar-refractivity contribution >= 4 is 33.2 Å². The monoisotopic (exact) mass is 421 g/mol. The molecule has 0 aliphatic carbocycles. The molecule has 0 unspecified atom stereocenters. The summed E-state index contributed by atoms with van der Waals surface area (Å²) in [5.41, 5.74) is 2.59. The Labute approximate surface area is 171 Å². The summed E-state index contributed by atoms with van der Waals surface area (Å²) in [6.07, 6.45) is 0.